The van der Waals surface area contributed by atoms with Crippen molar-refractivity contribution in [2.75, 3.05) is 18.6 Å². The third-order valence-corrected chi connectivity index (χ3v) is 4.02. The first-order chi connectivity index (χ1) is 12.3. The van der Waals surface area contributed by atoms with E-state index in [2.05, 4.69) is 16.2 Å². The minimum absolute atomic E-state index is 0.236. The van der Waals surface area contributed by atoms with Crippen molar-refractivity contribution in [3.8, 4) is 0 Å². The first kappa shape index (κ1) is 21.8. The van der Waals surface area contributed by atoms with E-state index in [1.54, 1.807) is 18.2 Å². The molecular formula is C16H20ClN3O5S. The number of carbonyl (C=O) groups is 4. The number of esters is 1. The van der Waals surface area contributed by atoms with Gasteiger partial charge in [0.05, 0.1) is 10.6 Å². The van der Waals surface area contributed by atoms with Crippen LogP contribution in [0, 0.1) is 0 Å². The molecule has 0 saturated carbocycles. The number of ether oxygens (including phenoxy) is 1. The van der Waals surface area contributed by atoms with E-state index in [1.807, 2.05) is 6.26 Å². The predicted molar refractivity (Wildman–Crippen MR) is 98.6 cm³/mol. The van der Waals surface area contributed by atoms with E-state index in [1.165, 1.54) is 24.8 Å². The molecule has 0 heterocycles. The Kier molecular flexibility index (Phi) is 9.53. The Morgan fingerprint density at radius 2 is 1.88 bits per heavy atom. The molecular weight excluding hydrogens is 382 g/mol. The van der Waals surface area contributed by atoms with Crippen molar-refractivity contribution in [3.63, 3.8) is 0 Å². The molecule has 0 saturated heterocycles. The summed E-state index contributed by atoms with van der Waals surface area (Å²) in [5, 5.41) is 2.83. The normalized spacial score (nSPS) is 11.2. The molecule has 8 nitrogen and oxygen atoms in total. The number of hydrogen-bond acceptors (Lipinski definition) is 6. The largest absolute Gasteiger partial charge is 0.454 e. The smallest absolute Gasteiger partial charge is 0.329 e. The predicted octanol–water partition coefficient (Wildman–Crippen LogP) is 0.902. The van der Waals surface area contributed by atoms with Crippen molar-refractivity contribution in [1.29, 1.82) is 0 Å². The second-order valence-corrected chi connectivity index (χ2v) is 6.52. The summed E-state index contributed by atoms with van der Waals surface area (Å²) in [6.07, 6.45) is 2.18. The first-order valence-electron chi connectivity index (χ1n) is 7.61. The first-order valence-corrected chi connectivity index (χ1v) is 9.38. The Bertz CT molecular complexity index is 671. The lowest BCUT2D eigenvalue weighted by Crippen LogP contribution is -2.45. The third kappa shape index (κ3) is 7.75. The highest BCUT2D eigenvalue weighted by atomic mass is 35.5. The van der Waals surface area contributed by atoms with Crippen LogP contribution in [0.2, 0.25) is 5.02 Å². The van der Waals surface area contributed by atoms with E-state index in [0.717, 1.165) is 0 Å². The van der Waals surface area contributed by atoms with Crippen molar-refractivity contribution in [2.24, 2.45) is 0 Å². The van der Waals surface area contributed by atoms with Gasteiger partial charge in [0.1, 0.15) is 6.04 Å². The lowest BCUT2D eigenvalue weighted by atomic mass is 10.1. The number of hydrazine groups is 1. The van der Waals surface area contributed by atoms with Crippen molar-refractivity contribution >= 4 is 47.1 Å². The molecule has 0 aliphatic carbocycles. The Morgan fingerprint density at radius 1 is 1.19 bits per heavy atom. The number of halogens is 1. The van der Waals surface area contributed by atoms with Crippen LogP contribution in [0.3, 0.4) is 0 Å². The molecule has 26 heavy (non-hydrogen) atoms. The summed E-state index contributed by atoms with van der Waals surface area (Å²) in [7, 11) is 0. The van der Waals surface area contributed by atoms with Gasteiger partial charge in [0.15, 0.2) is 6.61 Å². The van der Waals surface area contributed by atoms with Gasteiger partial charge in [-0.3, -0.25) is 25.2 Å². The molecule has 0 radical (unpaired) electrons. The molecule has 0 bridgehead atoms. The molecule has 3 amide bonds. The van der Waals surface area contributed by atoms with Crippen LogP contribution in [0.15, 0.2) is 24.3 Å². The van der Waals surface area contributed by atoms with Crippen LogP contribution in [-0.2, 0) is 19.1 Å². The van der Waals surface area contributed by atoms with Crippen LogP contribution in [-0.4, -0.2) is 48.3 Å². The van der Waals surface area contributed by atoms with Gasteiger partial charge in [-0.15, -0.1) is 0 Å². The van der Waals surface area contributed by atoms with Gasteiger partial charge in [-0.2, -0.15) is 11.8 Å². The minimum atomic E-state index is -0.931. The number of benzene rings is 1. The van der Waals surface area contributed by atoms with Crippen LogP contribution < -0.4 is 16.2 Å². The van der Waals surface area contributed by atoms with Crippen molar-refractivity contribution in [2.45, 2.75) is 19.4 Å². The van der Waals surface area contributed by atoms with Gasteiger partial charge >= 0.3 is 5.97 Å². The average molecular weight is 402 g/mol. The summed E-state index contributed by atoms with van der Waals surface area (Å²) in [6, 6.07) is 5.52. The van der Waals surface area contributed by atoms with Gasteiger partial charge in [0, 0.05) is 6.92 Å². The second-order valence-electron chi connectivity index (χ2n) is 5.12. The molecule has 1 aromatic carbocycles. The Hall–Kier alpha value is -2.26. The van der Waals surface area contributed by atoms with Gasteiger partial charge in [-0.05, 0) is 30.6 Å². The standard InChI is InChI=1S/C16H20ClN3O5S/c1-10(21)19-20-14(22)9-25-16(24)13(7-8-26-2)18-15(23)11-5-3-4-6-12(11)17/h3-6,13H,7-9H2,1-2H3,(H,18,23)(H,19,21)(H,20,22)/t13-/m1/s1. The zero-order valence-corrected chi connectivity index (χ0v) is 15.9. The molecule has 1 rings (SSSR count). The molecule has 0 fully saturated rings. The molecule has 0 aliphatic rings. The summed E-state index contributed by atoms with van der Waals surface area (Å²) >= 11 is 7.48. The number of thioether (sulfide) groups is 1. The highest BCUT2D eigenvalue weighted by Gasteiger charge is 2.24. The zero-order valence-electron chi connectivity index (χ0n) is 14.3. The zero-order chi connectivity index (χ0) is 19.5. The van der Waals surface area contributed by atoms with Crippen molar-refractivity contribution in [1.82, 2.24) is 16.2 Å². The van der Waals surface area contributed by atoms with Gasteiger partial charge in [0.25, 0.3) is 11.8 Å². The topological polar surface area (TPSA) is 114 Å². The highest BCUT2D eigenvalue weighted by Crippen LogP contribution is 2.15. The van der Waals surface area contributed by atoms with Crippen LogP contribution in [0.4, 0.5) is 0 Å². The second kappa shape index (κ2) is 11.4. The Balaban J connectivity index is 2.65. The Morgan fingerprint density at radius 3 is 2.50 bits per heavy atom. The fourth-order valence-corrected chi connectivity index (χ4v) is 2.49. The molecule has 1 aromatic rings. The highest BCUT2D eigenvalue weighted by molar-refractivity contribution is 7.98. The number of carbonyl (C=O) groups excluding carboxylic acids is 4. The molecule has 0 spiro atoms. The molecule has 0 unspecified atom stereocenters. The summed E-state index contributed by atoms with van der Waals surface area (Å²) in [4.78, 5) is 46.7. The summed E-state index contributed by atoms with van der Waals surface area (Å²) in [5.74, 6) is -1.83. The number of amides is 3. The molecule has 3 N–H and O–H groups in total. The molecule has 1 atom stereocenters. The van der Waals surface area contributed by atoms with Crippen LogP contribution in [0.1, 0.15) is 23.7 Å². The minimum Gasteiger partial charge on any atom is -0.454 e. The fourth-order valence-electron chi connectivity index (χ4n) is 1.80. The van der Waals surface area contributed by atoms with Crippen molar-refractivity contribution < 1.29 is 23.9 Å². The summed E-state index contributed by atoms with van der Waals surface area (Å²) < 4.78 is 4.90. The van der Waals surface area contributed by atoms with Gasteiger partial charge in [-0.25, -0.2) is 4.79 Å². The van der Waals surface area contributed by atoms with E-state index in [9.17, 15) is 19.2 Å². The van der Waals surface area contributed by atoms with Crippen LogP contribution in [0.5, 0.6) is 0 Å². The molecule has 0 aliphatic heterocycles. The number of rotatable bonds is 8. The molecule has 0 aromatic heterocycles. The maximum atomic E-state index is 12.3. The monoisotopic (exact) mass is 401 g/mol. The maximum Gasteiger partial charge on any atom is 0.329 e. The van der Waals surface area contributed by atoms with Crippen molar-refractivity contribution in [3.05, 3.63) is 34.9 Å². The van der Waals surface area contributed by atoms with E-state index < -0.39 is 36.3 Å². The van der Waals surface area contributed by atoms with Gasteiger partial charge < -0.3 is 10.1 Å². The lowest BCUT2D eigenvalue weighted by molar-refractivity contribution is -0.150. The third-order valence-electron chi connectivity index (χ3n) is 3.04. The Labute approximate surface area is 160 Å². The van der Waals surface area contributed by atoms with E-state index >= 15 is 0 Å². The van der Waals surface area contributed by atoms with Gasteiger partial charge in [0.2, 0.25) is 5.91 Å². The fraction of sp³-hybridized carbons (Fsp3) is 0.375. The molecule has 142 valence electrons. The SMILES string of the molecule is CSCC[C@@H](NC(=O)c1ccccc1Cl)C(=O)OCC(=O)NNC(C)=O. The van der Waals surface area contributed by atoms with Crippen LogP contribution in [0.25, 0.3) is 0 Å². The number of hydrogen-bond donors (Lipinski definition) is 3. The van der Waals surface area contributed by atoms with Crippen LogP contribution >= 0.6 is 23.4 Å². The average Bonchev–Trinajstić information content (AvgIpc) is 2.61. The van der Waals surface area contributed by atoms with E-state index in [4.69, 9.17) is 16.3 Å². The molecule has 10 heteroatoms. The summed E-state index contributed by atoms with van der Waals surface area (Å²) in [6.45, 7) is 0.631. The summed E-state index contributed by atoms with van der Waals surface area (Å²) in [5.41, 5.74) is 4.38. The van der Waals surface area contributed by atoms with E-state index in [0.29, 0.717) is 12.2 Å². The number of nitrogens with one attached hydrogen (secondary N) is 3. The maximum absolute atomic E-state index is 12.3. The van der Waals surface area contributed by atoms with Gasteiger partial charge in [-0.1, -0.05) is 23.7 Å². The lowest BCUT2D eigenvalue weighted by Gasteiger charge is -2.17. The quantitative estimate of drug-likeness (QED) is 0.440. The van der Waals surface area contributed by atoms with E-state index in [-0.39, 0.29) is 10.6 Å².